The molecule has 0 saturated carbocycles. The molecule has 43 heavy (non-hydrogen) atoms. The lowest BCUT2D eigenvalue weighted by Gasteiger charge is -2.34. The van der Waals surface area contributed by atoms with Crippen molar-refractivity contribution in [3.8, 4) is 11.1 Å². The molecular formula is C28H28ClF3N6O5. The molecule has 5 N–H and O–H groups in total. The zero-order chi connectivity index (χ0) is 31.9. The summed E-state index contributed by atoms with van der Waals surface area (Å²) in [5.41, 5.74) is 2.96. The van der Waals surface area contributed by atoms with Crippen molar-refractivity contribution >= 4 is 35.5 Å². The molecule has 1 unspecified atom stereocenters. The van der Waals surface area contributed by atoms with E-state index in [0.29, 0.717) is 4.68 Å². The Kier molecular flexibility index (Phi) is 8.56. The number of nitrogens with two attached hydrogens (primary N) is 1. The van der Waals surface area contributed by atoms with Gasteiger partial charge < -0.3 is 15.9 Å². The van der Waals surface area contributed by atoms with Crippen molar-refractivity contribution in [2.75, 3.05) is 6.61 Å². The number of aromatic nitrogens is 2. The topological polar surface area (TPSA) is 163 Å². The minimum absolute atomic E-state index is 0.0153. The molecule has 1 aliphatic heterocycles. The van der Waals surface area contributed by atoms with Crippen LogP contribution in [0.5, 0.6) is 0 Å². The van der Waals surface area contributed by atoms with Gasteiger partial charge in [0.1, 0.15) is 5.82 Å². The van der Waals surface area contributed by atoms with Crippen LogP contribution in [-0.2, 0) is 10.3 Å². The number of alkyl halides is 2. The van der Waals surface area contributed by atoms with E-state index in [9.17, 15) is 33.4 Å². The zero-order valence-electron chi connectivity index (χ0n) is 23.2. The van der Waals surface area contributed by atoms with E-state index in [-0.39, 0.29) is 39.3 Å². The number of carboxylic acid groups (broad SMARTS) is 1. The number of carbonyl (C=O) groups is 3. The van der Waals surface area contributed by atoms with Gasteiger partial charge in [-0.15, -0.1) is 0 Å². The largest absolute Gasteiger partial charge is 0.465 e. The molecule has 3 aromatic rings. The Morgan fingerprint density at radius 1 is 1.16 bits per heavy atom. The number of primary amides is 1. The van der Waals surface area contributed by atoms with E-state index in [1.807, 2.05) is 0 Å². The third-order valence-corrected chi connectivity index (χ3v) is 7.11. The van der Waals surface area contributed by atoms with Gasteiger partial charge in [-0.2, -0.15) is 13.9 Å². The van der Waals surface area contributed by atoms with Crippen LogP contribution in [0.25, 0.3) is 11.1 Å². The summed E-state index contributed by atoms with van der Waals surface area (Å²) in [5.74, 6) is -3.14. The van der Waals surface area contributed by atoms with E-state index in [2.05, 4.69) is 15.4 Å². The minimum atomic E-state index is -2.90. The Hall–Kier alpha value is -4.43. The number of nitrogens with one attached hydrogen (secondary N) is 1. The first kappa shape index (κ1) is 31.5. The fourth-order valence-corrected chi connectivity index (χ4v) is 5.31. The lowest BCUT2D eigenvalue weighted by molar-refractivity contribution is -0.135. The molecule has 1 aromatic heterocycles. The van der Waals surface area contributed by atoms with Gasteiger partial charge in [0.15, 0.2) is 5.54 Å². The quantitative estimate of drug-likeness (QED) is 0.286. The Labute approximate surface area is 248 Å². The monoisotopic (exact) mass is 620 g/mol. The van der Waals surface area contributed by atoms with E-state index in [0.717, 1.165) is 23.4 Å². The van der Waals surface area contributed by atoms with Crippen LogP contribution < -0.4 is 11.1 Å². The minimum Gasteiger partial charge on any atom is -0.465 e. The van der Waals surface area contributed by atoms with Crippen LogP contribution in [0.1, 0.15) is 61.3 Å². The van der Waals surface area contributed by atoms with Gasteiger partial charge in [0.2, 0.25) is 11.9 Å². The second-order valence-corrected chi connectivity index (χ2v) is 11.5. The molecule has 2 aromatic carbocycles. The number of guanidine groups is 1. The van der Waals surface area contributed by atoms with Crippen molar-refractivity contribution in [1.29, 1.82) is 0 Å². The number of aliphatic hydroxyl groups excluding tert-OH is 1. The predicted octanol–water partition coefficient (Wildman–Crippen LogP) is 4.67. The van der Waals surface area contributed by atoms with E-state index >= 15 is 4.39 Å². The summed E-state index contributed by atoms with van der Waals surface area (Å²) in [6, 6.07) is 6.45. The van der Waals surface area contributed by atoms with E-state index in [1.165, 1.54) is 30.3 Å². The highest BCUT2D eigenvalue weighted by Crippen LogP contribution is 2.46. The van der Waals surface area contributed by atoms with Crippen molar-refractivity contribution in [2.45, 2.75) is 45.3 Å². The fourth-order valence-electron chi connectivity index (χ4n) is 5.10. The summed E-state index contributed by atoms with van der Waals surface area (Å²) in [5, 5.41) is 25.7. The van der Waals surface area contributed by atoms with Crippen molar-refractivity contribution < 1.29 is 37.8 Å². The van der Waals surface area contributed by atoms with Crippen LogP contribution in [0.2, 0.25) is 5.02 Å². The maximum Gasteiger partial charge on any atom is 0.411 e. The van der Waals surface area contributed by atoms with E-state index in [1.54, 1.807) is 20.8 Å². The van der Waals surface area contributed by atoms with Gasteiger partial charge in [-0.3, -0.25) is 19.8 Å². The molecule has 0 spiro atoms. The second-order valence-electron chi connectivity index (χ2n) is 11.1. The van der Waals surface area contributed by atoms with Gasteiger partial charge in [0.05, 0.1) is 29.4 Å². The highest BCUT2D eigenvalue weighted by molar-refractivity contribution is 6.33. The number of halogens is 4. The molecule has 2 atom stereocenters. The van der Waals surface area contributed by atoms with Gasteiger partial charge in [0.25, 0.3) is 5.91 Å². The number of carbonyl (C=O) groups excluding carboxylic acids is 2. The van der Waals surface area contributed by atoms with Gasteiger partial charge in [-0.05, 0) is 41.2 Å². The van der Waals surface area contributed by atoms with Gasteiger partial charge in [0, 0.05) is 17.3 Å². The molecule has 228 valence electrons. The maximum absolute atomic E-state index is 16.0. The third-order valence-electron chi connectivity index (χ3n) is 6.78. The van der Waals surface area contributed by atoms with Crippen LogP contribution in [0.3, 0.4) is 0 Å². The van der Waals surface area contributed by atoms with Crippen LogP contribution >= 0.6 is 11.6 Å². The van der Waals surface area contributed by atoms with Crippen molar-refractivity contribution in [3.05, 3.63) is 76.3 Å². The zero-order valence-corrected chi connectivity index (χ0v) is 23.9. The number of nitrogens with zero attached hydrogens (tertiary/aromatic N) is 4. The highest BCUT2D eigenvalue weighted by atomic mass is 35.5. The summed E-state index contributed by atoms with van der Waals surface area (Å²) >= 11 is 6.07. The second kappa shape index (κ2) is 11.7. The van der Waals surface area contributed by atoms with Gasteiger partial charge >= 0.3 is 12.6 Å². The molecule has 0 bridgehead atoms. The number of aliphatic hydroxyl groups is 1. The van der Waals surface area contributed by atoms with Crippen LogP contribution in [0.15, 0.2) is 53.8 Å². The van der Waals surface area contributed by atoms with Crippen molar-refractivity contribution in [1.82, 2.24) is 20.0 Å². The highest BCUT2D eigenvalue weighted by Gasteiger charge is 2.55. The predicted molar refractivity (Wildman–Crippen MR) is 150 cm³/mol. The molecule has 4 rings (SSSR count). The number of hydrogen-bond acceptors (Lipinski definition) is 6. The van der Waals surface area contributed by atoms with Gasteiger partial charge in [-0.25, -0.2) is 18.9 Å². The number of hydrogen-bond donors (Lipinski definition) is 4. The molecule has 0 fully saturated rings. The lowest BCUT2D eigenvalue weighted by atomic mass is 9.75. The molecule has 3 amide bonds. The number of aliphatic imine (C=N–C) groups is 1. The maximum atomic E-state index is 16.0. The SMILES string of the molecule is CC(C)(C)C[C@]1(c2ccc(-c3cnn(C(F)F)c3)cc2F)N=C(NC(=O)O)N(C(CO)c2ccc(Cl)c(C(N)=O)c2)C1=O. The van der Waals surface area contributed by atoms with Crippen molar-refractivity contribution in [3.63, 3.8) is 0 Å². The molecule has 2 heterocycles. The summed E-state index contributed by atoms with van der Waals surface area (Å²) < 4.78 is 42.5. The molecule has 0 aliphatic carbocycles. The molecule has 11 nitrogen and oxygen atoms in total. The average molecular weight is 621 g/mol. The summed E-state index contributed by atoms with van der Waals surface area (Å²) in [7, 11) is 0. The lowest BCUT2D eigenvalue weighted by Crippen LogP contribution is -2.49. The Balaban J connectivity index is 1.89. The van der Waals surface area contributed by atoms with Crippen molar-refractivity contribution in [2.24, 2.45) is 16.1 Å². The normalized spacial score (nSPS) is 17.7. The number of amides is 3. The van der Waals surface area contributed by atoms with Crippen LogP contribution in [0.4, 0.5) is 18.0 Å². The van der Waals surface area contributed by atoms with E-state index < -0.39 is 59.8 Å². The number of rotatable bonds is 8. The molecule has 1 aliphatic rings. The Bertz CT molecular complexity index is 1620. The number of benzene rings is 2. The third kappa shape index (κ3) is 6.20. The first-order valence-corrected chi connectivity index (χ1v) is 13.2. The first-order valence-electron chi connectivity index (χ1n) is 12.8. The summed E-state index contributed by atoms with van der Waals surface area (Å²) in [4.78, 5) is 43.5. The molecule has 15 heteroatoms. The summed E-state index contributed by atoms with van der Waals surface area (Å²) in [6.45, 7) is 1.67. The molecular weight excluding hydrogens is 593 g/mol. The Morgan fingerprint density at radius 2 is 1.86 bits per heavy atom. The average Bonchev–Trinajstić information content (AvgIpc) is 3.49. The first-order chi connectivity index (χ1) is 20.1. The molecule has 0 radical (unpaired) electrons. The Morgan fingerprint density at radius 3 is 2.40 bits per heavy atom. The fraction of sp³-hybridized carbons (Fsp3) is 0.321. The summed E-state index contributed by atoms with van der Waals surface area (Å²) in [6.07, 6.45) is 0.489. The van der Waals surface area contributed by atoms with E-state index in [4.69, 9.17) is 17.3 Å². The smallest absolute Gasteiger partial charge is 0.411 e. The van der Waals surface area contributed by atoms with Crippen LogP contribution in [0, 0.1) is 11.2 Å². The van der Waals surface area contributed by atoms with Crippen LogP contribution in [-0.4, -0.2) is 55.4 Å². The standard InChI is InChI=1S/C28H28ClF3N6O5/c1-27(2,3)13-28(18-6-4-14(9-20(18)30)16-10-34-37(11-16)24(31)32)23(41)38(25(36-28)35-26(42)43)21(12-39)15-5-7-19(29)17(8-15)22(33)40/h4-11,21,24,39H,12-13H2,1-3H3,(H2,33,40)(H,35,36)(H,42,43)/t21?,28-/m1/s1. The molecule has 0 saturated heterocycles. The van der Waals surface area contributed by atoms with Gasteiger partial charge in [-0.1, -0.05) is 50.6 Å².